The second-order valence-corrected chi connectivity index (χ2v) is 6.60. The second kappa shape index (κ2) is 8.91. The Morgan fingerprint density at radius 2 is 1.83 bits per heavy atom. The van der Waals surface area contributed by atoms with Gasteiger partial charge >= 0.3 is 5.97 Å². The highest BCUT2D eigenvalue weighted by molar-refractivity contribution is 6.05. The molecule has 1 heterocycles. The third-order valence-electron chi connectivity index (χ3n) is 4.77. The number of halogens is 1. The molecule has 0 saturated carbocycles. The molecule has 2 aromatic carbocycles. The lowest BCUT2D eigenvalue weighted by atomic mass is 10.0. The van der Waals surface area contributed by atoms with Crippen LogP contribution in [0.5, 0.6) is 11.5 Å². The number of esters is 1. The number of hydrogen-bond donors (Lipinski definition) is 1. The molecule has 7 nitrogen and oxygen atoms in total. The summed E-state index contributed by atoms with van der Waals surface area (Å²) in [5.74, 6) is -0.894. The van der Waals surface area contributed by atoms with Crippen LogP contribution in [0.1, 0.15) is 27.1 Å². The van der Waals surface area contributed by atoms with Crippen LogP contribution in [-0.4, -0.2) is 61.4 Å². The first-order valence-electron chi connectivity index (χ1n) is 9.09. The Balaban J connectivity index is 1.71. The first-order chi connectivity index (χ1) is 13.9. The van der Waals surface area contributed by atoms with Gasteiger partial charge in [0.15, 0.2) is 11.5 Å². The minimum absolute atomic E-state index is 0.0303. The van der Waals surface area contributed by atoms with Crippen molar-refractivity contribution in [3.05, 3.63) is 59.4 Å². The van der Waals surface area contributed by atoms with Crippen molar-refractivity contribution in [1.29, 1.82) is 0 Å². The predicted molar refractivity (Wildman–Crippen MR) is 102 cm³/mol. The number of β-amino-alcohol motifs (C(OH)–C–C–N with tert-alkyl or cyclic N) is 1. The van der Waals surface area contributed by atoms with Crippen molar-refractivity contribution in [2.24, 2.45) is 0 Å². The Morgan fingerprint density at radius 1 is 1.10 bits per heavy atom. The van der Waals surface area contributed by atoms with Crippen molar-refractivity contribution in [3.63, 3.8) is 0 Å². The van der Waals surface area contributed by atoms with E-state index in [1.54, 1.807) is 18.2 Å². The number of benzene rings is 2. The maximum absolute atomic E-state index is 13.3. The fourth-order valence-electron chi connectivity index (χ4n) is 3.26. The lowest BCUT2D eigenvalue weighted by Gasteiger charge is -2.36. The number of rotatable bonds is 5. The molecule has 1 saturated heterocycles. The molecule has 29 heavy (non-hydrogen) atoms. The topological polar surface area (TPSA) is 85.3 Å². The summed E-state index contributed by atoms with van der Waals surface area (Å²) in [6.45, 7) is 0.349. The zero-order valence-electron chi connectivity index (χ0n) is 16.1. The molecule has 0 radical (unpaired) electrons. The van der Waals surface area contributed by atoms with Gasteiger partial charge in [-0.2, -0.15) is 0 Å². The number of methoxy groups -OCH3 is 2. The van der Waals surface area contributed by atoms with Crippen LogP contribution in [0, 0.1) is 5.82 Å². The van der Waals surface area contributed by atoms with E-state index in [0.717, 1.165) is 0 Å². The van der Waals surface area contributed by atoms with Crippen molar-refractivity contribution in [2.75, 3.05) is 27.3 Å². The number of likely N-dealkylation sites (tertiary alicyclic amines) is 1. The van der Waals surface area contributed by atoms with Gasteiger partial charge in [-0.1, -0.05) is 12.1 Å². The molecule has 1 amide bonds. The minimum atomic E-state index is -0.965. The fraction of sp³-hybridized carbons (Fsp3) is 0.333. The number of aliphatic hydroxyl groups excluding tert-OH is 1. The zero-order valence-corrected chi connectivity index (χ0v) is 16.1. The van der Waals surface area contributed by atoms with Crippen LogP contribution in [0.25, 0.3) is 0 Å². The van der Waals surface area contributed by atoms with Gasteiger partial charge < -0.3 is 24.2 Å². The molecule has 0 bridgehead atoms. The number of carbonyl (C=O) groups is 2. The van der Waals surface area contributed by atoms with Gasteiger partial charge in [-0.25, -0.2) is 9.18 Å². The van der Waals surface area contributed by atoms with E-state index in [0.29, 0.717) is 18.7 Å². The second-order valence-electron chi connectivity index (χ2n) is 6.60. The molecule has 0 aromatic heterocycles. The molecule has 1 fully saturated rings. The Labute approximate surface area is 167 Å². The molecule has 0 unspecified atom stereocenters. The molecular formula is C21H22FNO6. The summed E-state index contributed by atoms with van der Waals surface area (Å²) in [7, 11) is 2.65. The number of hydrogen-bond acceptors (Lipinski definition) is 6. The lowest BCUT2D eigenvalue weighted by molar-refractivity contribution is -0.0207. The number of carbonyl (C=O) groups excluding carboxylic acids is 2. The van der Waals surface area contributed by atoms with E-state index in [1.165, 1.54) is 43.4 Å². The highest BCUT2D eigenvalue weighted by atomic mass is 19.1. The van der Waals surface area contributed by atoms with Crippen LogP contribution < -0.4 is 9.47 Å². The van der Waals surface area contributed by atoms with Crippen LogP contribution in [-0.2, 0) is 4.74 Å². The van der Waals surface area contributed by atoms with Gasteiger partial charge in [0.1, 0.15) is 18.0 Å². The molecule has 154 valence electrons. The number of aliphatic hydroxyl groups is 1. The van der Waals surface area contributed by atoms with Gasteiger partial charge in [0.25, 0.3) is 5.91 Å². The third-order valence-corrected chi connectivity index (χ3v) is 4.77. The fourth-order valence-corrected chi connectivity index (χ4v) is 3.26. The maximum atomic E-state index is 13.3. The maximum Gasteiger partial charge on any atom is 0.338 e. The average molecular weight is 403 g/mol. The van der Waals surface area contributed by atoms with Gasteiger partial charge in [0, 0.05) is 19.0 Å². The standard InChI is InChI=1S/C21H22FNO6/c1-27-19-11-13(22)7-8-18(19)29-17-9-10-23(12-16(17)24)20(25)14-5-3-4-6-15(14)21(26)28-2/h3-8,11,16-17,24H,9-10,12H2,1-2H3/t16-,17-/m1/s1. The quantitative estimate of drug-likeness (QED) is 0.771. The van der Waals surface area contributed by atoms with E-state index >= 15 is 0 Å². The van der Waals surface area contributed by atoms with E-state index in [2.05, 4.69) is 0 Å². The zero-order chi connectivity index (χ0) is 21.0. The molecular weight excluding hydrogens is 381 g/mol. The summed E-state index contributed by atoms with van der Waals surface area (Å²) in [5.41, 5.74) is 0.384. The molecule has 3 rings (SSSR count). The minimum Gasteiger partial charge on any atom is -0.493 e. The average Bonchev–Trinajstić information content (AvgIpc) is 2.75. The van der Waals surface area contributed by atoms with E-state index in [-0.39, 0.29) is 29.3 Å². The molecule has 1 N–H and O–H groups in total. The van der Waals surface area contributed by atoms with Crippen LogP contribution in [0.15, 0.2) is 42.5 Å². The highest BCUT2D eigenvalue weighted by Gasteiger charge is 2.33. The van der Waals surface area contributed by atoms with Crippen LogP contribution in [0.4, 0.5) is 4.39 Å². The summed E-state index contributed by atoms with van der Waals surface area (Å²) in [5, 5.41) is 10.5. The first-order valence-corrected chi connectivity index (χ1v) is 9.09. The molecule has 1 aliphatic rings. The predicted octanol–water partition coefficient (Wildman–Crippen LogP) is 2.28. The van der Waals surface area contributed by atoms with Crippen LogP contribution in [0.2, 0.25) is 0 Å². The summed E-state index contributed by atoms with van der Waals surface area (Å²) in [4.78, 5) is 26.3. The summed E-state index contributed by atoms with van der Waals surface area (Å²) in [6.07, 6.45) is -1.20. The molecule has 8 heteroatoms. The van der Waals surface area contributed by atoms with Crippen molar-refractivity contribution in [2.45, 2.75) is 18.6 Å². The van der Waals surface area contributed by atoms with Crippen LogP contribution in [0.3, 0.4) is 0 Å². The van der Waals surface area contributed by atoms with E-state index in [1.807, 2.05) is 0 Å². The van der Waals surface area contributed by atoms with E-state index in [4.69, 9.17) is 14.2 Å². The number of ether oxygens (including phenoxy) is 3. The first kappa shape index (κ1) is 20.6. The Bertz CT molecular complexity index is 902. The Hall–Kier alpha value is -3.13. The molecule has 2 atom stereocenters. The summed E-state index contributed by atoms with van der Waals surface area (Å²) >= 11 is 0. The van der Waals surface area contributed by atoms with Gasteiger partial charge in [-0.3, -0.25) is 4.79 Å². The van der Waals surface area contributed by atoms with E-state index in [9.17, 15) is 19.1 Å². The van der Waals surface area contributed by atoms with E-state index < -0.39 is 24.0 Å². The van der Waals surface area contributed by atoms with Crippen molar-refractivity contribution >= 4 is 11.9 Å². The molecule has 2 aromatic rings. The molecule has 1 aliphatic heterocycles. The van der Waals surface area contributed by atoms with Crippen LogP contribution >= 0.6 is 0 Å². The SMILES string of the molecule is COC(=O)c1ccccc1C(=O)N1CC[C@@H](Oc2ccc(F)cc2OC)[C@H](O)C1. The Kier molecular flexibility index (Phi) is 6.33. The van der Waals surface area contributed by atoms with Crippen molar-refractivity contribution < 1.29 is 33.3 Å². The number of nitrogens with zero attached hydrogens (tertiary/aromatic N) is 1. The van der Waals surface area contributed by atoms with Crippen molar-refractivity contribution in [1.82, 2.24) is 4.90 Å². The number of amides is 1. The summed E-state index contributed by atoms with van der Waals surface area (Å²) in [6, 6.07) is 10.3. The van der Waals surface area contributed by atoms with Gasteiger partial charge in [0.05, 0.1) is 31.9 Å². The van der Waals surface area contributed by atoms with Gasteiger partial charge in [0.2, 0.25) is 0 Å². The molecule has 0 aliphatic carbocycles. The molecule has 0 spiro atoms. The normalized spacial score (nSPS) is 18.8. The highest BCUT2D eigenvalue weighted by Crippen LogP contribution is 2.30. The summed E-state index contributed by atoms with van der Waals surface area (Å²) < 4.78 is 29.0. The van der Waals surface area contributed by atoms with Gasteiger partial charge in [-0.05, 0) is 24.3 Å². The monoisotopic (exact) mass is 403 g/mol. The largest absolute Gasteiger partial charge is 0.493 e. The Morgan fingerprint density at radius 3 is 2.48 bits per heavy atom. The van der Waals surface area contributed by atoms with Crippen molar-refractivity contribution in [3.8, 4) is 11.5 Å². The number of piperidine rings is 1. The van der Waals surface area contributed by atoms with Gasteiger partial charge in [-0.15, -0.1) is 0 Å². The smallest absolute Gasteiger partial charge is 0.338 e. The lowest BCUT2D eigenvalue weighted by Crippen LogP contribution is -2.51. The third kappa shape index (κ3) is 4.48.